The first kappa shape index (κ1) is 14.0. The minimum absolute atomic E-state index is 0.148. The van der Waals surface area contributed by atoms with Crippen molar-refractivity contribution in [2.75, 3.05) is 35.2 Å². The second-order valence-corrected chi connectivity index (χ2v) is 5.75. The van der Waals surface area contributed by atoms with Gasteiger partial charge in [-0.15, -0.1) is 0 Å². The number of benzene rings is 1. The largest absolute Gasteiger partial charge is 0.380 e. The molecular formula is C13H19N3O2S. The van der Waals surface area contributed by atoms with Crippen LogP contribution in [0.25, 0.3) is 0 Å². The number of nitrogens with one attached hydrogen (secondary N) is 2. The van der Waals surface area contributed by atoms with Crippen molar-refractivity contribution in [1.82, 2.24) is 0 Å². The molecule has 6 heteroatoms. The zero-order valence-corrected chi connectivity index (χ0v) is 11.8. The molecule has 1 atom stereocenters. The molecule has 1 heterocycles. The fourth-order valence-electron chi connectivity index (χ4n) is 2.21. The van der Waals surface area contributed by atoms with E-state index in [1.165, 1.54) is 12.2 Å². The first-order valence-corrected chi connectivity index (χ1v) is 7.70. The van der Waals surface area contributed by atoms with E-state index in [-0.39, 0.29) is 10.6 Å². The monoisotopic (exact) mass is 281 g/mol. The van der Waals surface area contributed by atoms with Crippen molar-refractivity contribution in [2.24, 2.45) is 5.92 Å². The summed E-state index contributed by atoms with van der Waals surface area (Å²) in [5.41, 5.74) is 1.34. The number of anilines is 2. The van der Waals surface area contributed by atoms with Gasteiger partial charge in [-0.2, -0.15) is 11.8 Å². The third-order valence-electron chi connectivity index (χ3n) is 3.19. The lowest BCUT2D eigenvalue weighted by Crippen LogP contribution is -2.14. The molecule has 5 nitrogen and oxygen atoms in total. The van der Waals surface area contributed by atoms with Crippen LogP contribution in [0.3, 0.4) is 0 Å². The van der Waals surface area contributed by atoms with E-state index in [1.54, 1.807) is 12.1 Å². The predicted octanol–water partition coefficient (Wildman–Crippen LogP) is 3.19. The van der Waals surface area contributed by atoms with Crippen LogP contribution in [-0.2, 0) is 0 Å². The molecule has 0 bridgehead atoms. The number of nitrogens with zero attached hydrogens (tertiary/aromatic N) is 1. The highest BCUT2D eigenvalue weighted by atomic mass is 32.2. The Labute approximate surface area is 117 Å². The van der Waals surface area contributed by atoms with Gasteiger partial charge in [-0.05, 0) is 42.9 Å². The Bertz CT molecular complexity index is 448. The van der Waals surface area contributed by atoms with Gasteiger partial charge in [0.2, 0.25) is 0 Å². The normalized spacial score (nSPS) is 18.3. The molecule has 0 aliphatic carbocycles. The van der Waals surface area contributed by atoms with Gasteiger partial charge in [0, 0.05) is 13.1 Å². The van der Waals surface area contributed by atoms with E-state index in [0.717, 1.165) is 12.3 Å². The lowest BCUT2D eigenvalue weighted by atomic mass is 10.1. The van der Waals surface area contributed by atoms with Crippen molar-refractivity contribution in [3.05, 3.63) is 28.3 Å². The summed E-state index contributed by atoms with van der Waals surface area (Å²) in [6.45, 7) is 3.41. The molecule has 1 aliphatic heterocycles. The van der Waals surface area contributed by atoms with Gasteiger partial charge >= 0.3 is 5.69 Å². The van der Waals surface area contributed by atoms with Gasteiger partial charge in [-0.25, -0.2) is 0 Å². The quantitative estimate of drug-likeness (QED) is 0.619. The molecule has 104 valence electrons. The highest BCUT2D eigenvalue weighted by Crippen LogP contribution is 2.33. The van der Waals surface area contributed by atoms with Crippen molar-refractivity contribution in [1.29, 1.82) is 0 Å². The van der Waals surface area contributed by atoms with E-state index in [4.69, 9.17) is 0 Å². The molecule has 1 aliphatic rings. The number of para-hydroxylation sites is 1. The lowest BCUT2D eigenvalue weighted by Gasteiger charge is -2.13. The highest BCUT2D eigenvalue weighted by molar-refractivity contribution is 7.99. The van der Waals surface area contributed by atoms with Crippen LogP contribution in [0.5, 0.6) is 0 Å². The van der Waals surface area contributed by atoms with Crippen molar-refractivity contribution in [3.8, 4) is 0 Å². The molecule has 1 saturated heterocycles. The highest BCUT2D eigenvalue weighted by Gasteiger charge is 2.21. The standard InChI is InChI=1S/C13H19N3O2S/c1-2-14-11-4-3-5-12(13(11)16(17)18)15-8-10-6-7-19-9-10/h3-5,10,14-15H,2,6-9H2,1H3. The zero-order valence-electron chi connectivity index (χ0n) is 11.0. The van der Waals surface area contributed by atoms with E-state index in [9.17, 15) is 10.1 Å². The Balaban J connectivity index is 2.13. The molecule has 19 heavy (non-hydrogen) atoms. The van der Waals surface area contributed by atoms with E-state index in [0.29, 0.717) is 23.8 Å². The van der Waals surface area contributed by atoms with E-state index >= 15 is 0 Å². The minimum Gasteiger partial charge on any atom is -0.380 e. The second kappa shape index (κ2) is 6.65. The van der Waals surface area contributed by atoms with Crippen molar-refractivity contribution in [2.45, 2.75) is 13.3 Å². The van der Waals surface area contributed by atoms with Crippen molar-refractivity contribution < 1.29 is 4.92 Å². The first-order chi connectivity index (χ1) is 9.22. The Morgan fingerprint density at radius 2 is 2.16 bits per heavy atom. The smallest absolute Gasteiger partial charge is 0.315 e. The Hall–Kier alpha value is -1.43. The van der Waals surface area contributed by atoms with Crippen molar-refractivity contribution >= 4 is 28.8 Å². The molecular weight excluding hydrogens is 262 g/mol. The average Bonchev–Trinajstić information content (AvgIpc) is 2.89. The number of hydrogen-bond donors (Lipinski definition) is 2. The van der Waals surface area contributed by atoms with Gasteiger partial charge < -0.3 is 10.6 Å². The molecule has 2 rings (SSSR count). The Morgan fingerprint density at radius 1 is 1.42 bits per heavy atom. The Morgan fingerprint density at radius 3 is 2.74 bits per heavy atom. The van der Waals surface area contributed by atoms with Crippen LogP contribution < -0.4 is 10.6 Å². The minimum atomic E-state index is -0.316. The summed E-state index contributed by atoms with van der Waals surface area (Å²) < 4.78 is 0. The Kier molecular flexibility index (Phi) is 4.90. The zero-order chi connectivity index (χ0) is 13.7. The third kappa shape index (κ3) is 3.53. The molecule has 0 saturated carbocycles. The molecule has 0 radical (unpaired) electrons. The van der Waals surface area contributed by atoms with Crippen LogP contribution >= 0.6 is 11.8 Å². The summed E-state index contributed by atoms with van der Waals surface area (Å²) in [6, 6.07) is 5.37. The van der Waals surface area contributed by atoms with Gasteiger partial charge in [0.05, 0.1) is 4.92 Å². The molecule has 1 aromatic carbocycles. The van der Waals surface area contributed by atoms with Gasteiger partial charge in [0.25, 0.3) is 0 Å². The lowest BCUT2D eigenvalue weighted by molar-refractivity contribution is -0.383. The number of rotatable bonds is 6. The van der Waals surface area contributed by atoms with Gasteiger partial charge in [0.1, 0.15) is 11.4 Å². The van der Waals surface area contributed by atoms with Gasteiger partial charge in [-0.3, -0.25) is 10.1 Å². The number of hydrogen-bond acceptors (Lipinski definition) is 5. The maximum absolute atomic E-state index is 11.2. The summed E-state index contributed by atoms with van der Waals surface area (Å²) in [5.74, 6) is 2.96. The summed E-state index contributed by atoms with van der Waals surface area (Å²) in [6.07, 6.45) is 1.19. The summed E-state index contributed by atoms with van der Waals surface area (Å²) in [5, 5.41) is 17.5. The fraction of sp³-hybridized carbons (Fsp3) is 0.538. The van der Waals surface area contributed by atoms with Crippen LogP contribution in [0.1, 0.15) is 13.3 Å². The van der Waals surface area contributed by atoms with Crippen LogP contribution in [-0.4, -0.2) is 29.5 Å². The summed E-state index contributed by atoms with van der Waals surface area (Å²) in [7, 11) is 0. The summed E-state index contributed by atoms with van der Waals surface area (Å²) >= 11 is 1.95. The topological polar surface area (TPSA) is 67.2 Å². The molecule has 0 aromatic heterocycles. The number of nitro groups is 1. The first-order valence-electron chi connectivity index (χ1n) is 6.55. The van der Waals surface area contributed by atoms with Crippen LogP contribution in [0.15, 0.2) is 18.2 Å². The van der Waals surface area contributed by atoms with E-state index in [1.807, 2.05) is 24.8 Å². The van der Waals surface area contributed by atoms with Gasteiger partial charge in [0.15, 0.2) is 0 Å². The molecule has 2 N–H and O–H groups in total. The van der Waals surface area contributed by atoms with E-state index in [2.05, 4.69) is 10.6 Å². The average molecular weight is 281 g/mol. The molecule has 1 unspecified atom stereocenters. The molecule has 1 fully saturated rings. The van der Waals surface area contributed by atoms with Crippen molar-refractivity contribution in [3.63, 3.8) is 0 Å². The van der Waals surface area contributed by atoms with Crippen LogP contribution in [0.4, 0.5) is 17.1 Å². The summed E-state index contributed by atoms with van der Waals surface area (Å²) in [4.78, 5) is 10.9. The van der Waals surface area contributed by atoms with Crippen LogP contribution in [0, 0.1) is 16.0 Å². The van der Waals surface area contributed by atoms with Crippen LogP contribution in [0.2, 0.25) is 0 Å². The third-order valence-corrected chi connectivity index (χ3v) is 4.42. The van der Waals surface area contributed by atoms with E-state index < -0.39 is 0 Å². The molecule has 0 spiro atoms. The predicted molar refractivity (Wildman–Crippen MR) is 81.2 cm³/mol. The SMILES string of the molecule is CCNc1cccc(NCC2CCSC2)c1[N+](=O)[O-]. The molecule has 0 amide bonds. The number of thioether (sulfide) groups is 1. The maximum atomic E-state index is 11.2. The van der Waals surface area contributed by atoms with Gasteiger partial charge in [-0.1, -0.05) is 6.07 Å². The molecule has 1 aromatic rings. The number of nitro benzene ring substituents is 1. The second-order valence-electron chi connectivity index (χ2n) is 4.60. The fourth-order valence-corrected chi connectivity index (χ4v) is 3.50. The maximum Gasteiger partial charge on any atom is 0.315 e.